The number of anilines is 1. The fourth-order valence-corrected chi connectivity index (χ4v) is 3.22. The predicted molar refractivity (Wildman–Crippen MR) is 87.6 cm³/mol. The van der Waals surface area contributed by atoms with E-state index in [0.717, 1.165) is 54.6 Å². The lowest BCUT2D eigenvalue weighted by molar-refractivity contribution is 0.0812. The number of methoxy groups -OCH3 is 1. The summed E-state index contributed by atoms with van der Waals surface area (Å²) < 4.78 is 11.0. The van der Waals surface area contributed by atoms with Crippen molar-refractivity contribution >= 4 is 5.95 Å². The Hall–Kier alpha value is -1.95. The van der Waals surface area contributed by atoms with Crippen molar-refractivity contribution in [2.75, 3.05) is 25.1 Å². The molecule has 0 bridgehead atoms. The summed E-state index contributed by atoms with van der Waals surface area (Å²) in [6.45, 7) is 7.79. The summed E-state index contributed by atoms with van der Waals surface area (Å²) in [6.07, 6.45) is 3.80. The minimum absolute atomic E-state index is 0.149. The van der Waals surface area contributed by atoms with E-state index in [1.807, 2.05) is 19.2 Å². The van der Waals surface area contributed by atoms with Gasteiger partial charge in [0.05, 0.1) is 11.8 Å². The van der Waals surface area contributed by atoms with Crippen molar-refractivity contribution in [1.29, 1.82) is 0 Å². The second kappa shape index (κ2) is 6.66. The average Bonchev–Trinajstić information content (AvgIpc) is 3.14. The number of hydrogen-bond acceptors (Lipinski definition) is 6. The molecule has 6 heteroatoms. The SMILES string of the molecule is CCc1nc(N2C[C@@H](Cc3cc(C)no3)[C@@H](OC)C2)ncc1C. The van der Waals surface area contributed by atoms with Gasteiger partial charge < -0.3 is 14.2 Å². The van der Waals surface area contributed by atoms with Gasteiger partial charge in [0.15, 0.2) is 0 Å². The summed E-state index contributed by atoms with van der Waals surface area (Å²) >= 11 is 0. The highest BCUT2D eigenvalue weighted by molar-refractivity contribution is 5.35. The van der Waals surface area contributed by atoms with Gasteiger partial charge >= 0.3 is 0 Å². The van der Waals surface area contributed by atoms with Crippen LogP contribution in [0.25, 0.3) is 0 Å². The maximum absolute atomic E-state index is 5.68. The molecule has 0 N–H and O–H groups in total. The zero-order valence-electron chi connectivity index (χ0n) is 14.2. The van der Waals surface area contributed by atoms with Gasteiger partial charge in [0, 0.05) is 50.5 Å². The van der Waals surface area contributed by atoms with Gasteiger partial charge in [-0.3, -0.25) is 0 Å². The molecule has 0 aliphatic carbocycles. The topological polar surface area (TPSA) is 64.3 Å². The molecular formula is C17H24N4O2. The lowest BCUT2D eigenvalue weighted by Gasteiger charge is -2.17. The van der Waals surface area contributed by atoms with E-state index >= 15 is 0 Å². The van der Waals surface area contributed by atoms with Gasteiger partial charge in [-0.15, -0.1) is 0 Å². The van der Waals surface area contributed by atoms with E-state index in [1.54, 1.807) is 7.11 Å². The van der Waals surface area contributed by atoms with Crippen LogP contribution in [0, 0.1) is 19.8 Å². The van der Waals surface area contributed by atoms with Crippen LogP contribution in [0.4, 0.5) is 5.95 Å². The summed E-state index contributed by atoms with van der Waals surface area (Å²) in [5, 5.41) is 3.96. The van der Waals surface area contributed by atoms with Crippen LogP contribution in [0.15, 0.2) is 16.8 Å². The number of ether oxygens (including phenoxy) is 1. The van der Waals surface area contributed by atoms with Crippen molar-refractivity contribution in [3.8, 4) is 0 Å². The van der Waals surface area contributed by atoms with Gasteiger partial charge in [0.1, 0.15) is 5.76 Å². The fourth-order valence-electron chi connectivity index (χ4n) is 3.22. The average molecular weight is 316 g/mol. The van der Waals surface area contributed by atoms with Crippen LogP contribution in [-0.2, 0) is 17.6 Å². The second-order valence-corrected chi connectivity index (χ2v) is 6.23. The standard InChI is InChI=1S/C17H24N4O2/c1-5-15-11(2)8-18-17(19-15)21-9-13(16(10-21)22-4)7-14-6-12(3)20-23-14/h6,8,13,16H,5,7,9-10H2,1-4H3/t13-,16+/m1/s1. The Labute approximate surface area is 136 Å². The molecule has 1 aliphatic rings. The first kappa shape index (κ1) is 15.9. The maximum Gasteiger partial charge on any atom is 0.225 e. The van der Waals surface area contributed by atoms with Crippen molar-refractivity contribution in [2.45, 2.75) is 39.7 Å². The molecule has 23 heavy (non-hydrogen) atoms. The molecule has 3 rings (SSSR count). The molecule has 0 spiro atoms. The molecule has 1 saturated heterocycles. The van der Waals surface area contributed by atoms with Crippen LogP contribution in [0.2, 0.25) is 0 Å². The zero-order valence-corrected chi connectivity index (χ0v) is 14.2. The van der Waals surface area contributed by atoms with E-state index in [1.165, 1.54) is 0 Å². The fraction of sp³-hybridized carbons (Fsp3) is 0.588. The lowest BCUT2D eigenvalue weighted by Crippen LogP contribution is -2.24. The predicted octanol–water partition coefficient (Wildman–Crippen LogP) is 2.34. The molecule has 1 aliphatic heterocycles. The molecule has 0 saturated carbocycles. The molecule has 0 aromatic carbocycles. The molecule has 0 unspecified atom stereocenters. The van der Waals surface area contributed by atoms with Crippen molar-refractivity contribution < 1.29 is 9.26 Å². The summed E-state index contributed by atoms with van der Waals surface area (Å²) in [4.78, 5) is 11.4. The summed E-state index contributed by atoms with van der Waals surface area (Å²) in [7, 11) is 1.76. The zero-order chi connectivity index (χ0) is 16.4. The summed E-state index contributed by atoms with van der Waals surface area (Å²) in [5.74, 6) is 2.06. The highest BCUT2D eigenvalue weighted by atomic mass is 16.5. The van der Waals surface area contributed by atoms with Crippen molar-refractivity contribution in [1.82, 2.24) is 15.1 Å². The first-order valence-corrected chi connectivity index (χ1v) is 8.13. The lowest BCUT2D eigenvalue weighted by atomic mass is 10.0. The molecule has 0 amide bonds. The largest absolute Gasteiger partial charge is 0.379 e. The van der Waals surface area contributed by atoms with Crippen molar-refractivity contribution in [2.24, 2.45) is 5.92 Å². The first-order valence-electron chi connectivity index (χ1n) is 8.13. The molecule has 0 radical (unpaired) electrons. The Morgan fingerprint density at radius 1 is 1.35 bits per heavy atom. The van der Waals surface area contributed by atoms with E-state index in [4.69, 9.17) is 14.2 Å². The number of rotatable bonds is 5. The molecule has 3 heterocycles. The maximum atomic E-state index is 5.68. The van der Waals surface area contributed by atoms with E-state index < -0.39 is 0 Å². The van der Waals surface area contributed by atoms with Crippen LogP contribution < -0.4 is 4.90 Å². The van der Waals surface area contributed by atoms with Crippen LogP contribution >= 0.6 is 0 Å². The van der Waals surface area contributed by atoms with E-state index in [0.29, 0.717) is 5.92 Å². The van der Waals surface area contributed by atoms with Crippen LogP contribution in [0.3, 0.4) is 0 Å². The summed E-state index contributed by atoms with van der Waals surface area (Å²) in [6, 6.07) is 1.99. The van der Waals surface area contributed by atoms with E-state index in [9.17, 15) is 0 Å². The second-order valence-electron chi connectivity index (χ2n) is 6.23. The van der Waals surface area contributed by atoms with Crippen LogP contribution in [-0.4, -0.2) is 41.4 Å². The molecule has 2 aromatic heterocycles. The number of aromatic nitrogens is 3. The van der Waals surface area contributed by atoms with Gasteiger partial charge in [-0.25, -0.2) is 9.97 Å². The van der Waals surface area contributed by atoms with E-state index in [-0.39, 0.29) is 6.10 Å². The minimum atomic E-state index is 0.149. The molecule has 2 aromatic rings. The number of hydrogen-bond donors (Lipinski definition) is 0. The Morgan fingerprint density at radius 2 is 2.17 bits per heavy atom. The smallest absolute Gasteiger partial charge is 0.225 e. The van der Waals surface area contributed by atoms with Gasteiger partial charge in [-0.05, 0) is 25.8 Å². The Morgan fingerprint density at radius 3 is 2.83 bits per heavy atom. The molecular weight excluding hydrogens is 292 g/mol. The van der Waals surface area contributed by atoms with Gasteiger partial charge in [0.25, 0.3) is 0 Å². The Bertz CT molecular complexity index is 670. The number of aryl methyl sites for hydroxylation is 3. The monoisotopic (exact) mass is 316 g/mol. The van der Waals surface area contributed by atoms with Crippen molar-refractivity contribution in [3.05, 3.63) is 35.0 Å². The first-order chi connectivity index (χ1) is 11.1. The third-order valence-electron chi connectivity index (χ3n) is 4.51. The molecule has 1 fully saturated rings. The highest BCUT2D eigenvalue weighted by Crippen LogP contribution is 2.27. The quantitative estimate of drug-likeness (QED) is 0.843. The van der Waals surface area contributed by atoms with Crippen molar-refractivity contribution in [3.63, 3.8) is 0 Å². The van der Waals surface area contributed by atoms with Crippen LogP contribution in [0.5, 0.6) is 0 Å². The highest BCUT2D eigenvalue weighted by Gasteiger charge is 2.35. The molecule has 124 valence electrons. The van der Waals surface area contributed by atoms with Gasteiger partial charge in [0.2, 0.25) is 5.95 Å². The molecule has 6 nitrogen and oxygen atoms in total. The third-order valence-corrected chi connectivity index (χ3v) is 4.51. The summed E-state index contributed by atoms with van der Waals surface area (Å²) in [5.41, 5.74) is 3.17. The third kappa shape index (κ3) is 3.37. The normalized spacial score (nSPS) is 21.1. The van der Waals surface area contributed by atoms with Gasteiger partial charge in [-0.2, -0.15) is 0 Å². The number of nitrogens with zero attached hydrogens (tertiary/aromatic N) is 4. The molecule has 2 atom stereocenters. The Kier molecular flexibility index (Phi) is 4.61. The minimum Gasteiger partial charge on any atom is -0.379 e. The van der Waals surface area contributed by atoms with Gasteiger partial charge in [-0.1, -0.05) is 12.1 Å². The van der Waals surface area contributed by atoms with E-state index in [2.05, 4.69) is 28.9 Å². The Balaban J connectivity index is 1.75. The van der Waals surface area contributed by atoms with Crippen LogP contribution in [0.1, 0.15) is 29.6 Å².